The molecule has 0 heterocycles. The number of hydrogen-bond donors (Lipinski definition) is 0. The summed E-state index contributed by atoms with van der Waals surface area (Å²) in [5.74, 6) is 0.947. The molecule has 0 amide bonds. The van der Waals surface area contributed by atoms with Gasteiger partial charge < -0.3 is 4.74 Å². The Labute approximate surface area is 137 Å². The van der Waals surface area contributed by atoms with Crippen LogP contribution in [0.25, 0.3) is 0 Å². The fraction of sp³-hybridized carbons (Fsp3) is 0.294. The molecule has 0 aliphatic rings. The van der Waals surface area contributed by atoms with Gasteiger partial charge in [-0.05, 0) is 50.1 Å². The molecular formula is C17H18Br2O. The van der Waals surface area contributed by atoms with Gasteiger partial charge in [-0.25, -0.2) is 0 Å². The van der Waals surface area contributed by atoms with Crippen molar-refractivity contribution in [2.45, 2.75) is 25.6 Å². The highest BCUT2D eigenvalue weighted by atomic mass is 79.9. The molecule has 0 saturated heterocycles. The highest BCUT2D eigenvalue weighted by Gasteiger charge is 2.17. The molecule has 1 nitrogen and oxygen atoms in total. The van der Waals surface area contributed by atoms with Gasteiger partial charge in [0, 0.05) is 10.0 Å². The zero-order valence-electron chi connectivity index (χ0n) is 11.9. The molecule has 0 aromatic heterocycles. The summed E-state index contributed by atoms with van der Waals surface area (Å²) in [5.41, 5.74) is 4.94. The van der Waals surface area contributed by atoms with E-state index >= 15 is 0 Å². The fourth-order valence-corrected chi connectivity index (χ4v) is 3.59. The Morgan fingerprint density at radius 2 is 1.80 bits per heavy atom. The zero-order valence-corrected chi connectivity index (χ0v) is 15.1. The third-order valence-electron chi connectivity index (χ3n) is 3.24. The lowest BCUT2D eigenvalue weighted by Gasteiger charge is -2.18. The number of hydrogen-bond acceptors (Lipinski definition) is 1. The number of ether oxygens (including phenoxy) is 1. The van der Waals surface area contributed by atoms with E-state index in [4.69, 9.17) is 4.74 Å². The molecule has 2 aromatic carbocycles. The van der Waals surface area contributed by atoms with Gasteiger partial charge in [0.1, 0.15) is 5.75 Å². The quantitative estimate of drug-likeness (QED) is 0.579. The Morgan fingerprint density at radius 1 is 1.05 bits per heavy atom. The second-order valence-electron chi connectivity index (χ2n) is 4.84. The second kappa shape index (κ2) is 6.77. The first-order valence-corrected chi connectivity index (χ1v) is 8.37. The van der Waals surface area contributed by atoms with Crippen LogP contribution in [0.2, 0.25) is 0 Å². The number of benzene rings is 2. The minimum atomic E-state index is 0.136. The molecule has 20 heavy (non-hydrogen) atoms. The van der Waals surface area contributed by atoms with Crippen molar-refractivity contribution in [3.05, 3.63) is 63.1 Å². The van der Waals surface area contributed by atoms with E-state index in [0.717, 1.165) is 10.2 Å². The first kappa shape index (κ1) is 15.6. The molecule has 0 fully saturated rings. The lowest BCUT2D eigenvalue weighted by atomic mass is 9.98. The summed E-state index contributed by atoms with van der Waals surface area (Å²) in [5, 5.41) is 0. The maximum Gasteiger partial charge on any atom is 0.123 e. The van der Waals surface area contributed by atoms with Gasteiger partial charge in [-0.3, -0.25) is 0 Å². The van der Waals surface area contributed by atoms with Crippen LogP contribution in [0.15, 0.2) is 40.9 Å². The largest absolute Gasteiger partial charge is 0.494 e. The van der Waals surface area contributed by atoms with Crippen LogP contribution in [0.5, 0.6) is 5.75 Å². The Morgan fingerprint density at radius 3 is 2.45 bits per heavy atom. The van der Waals surface area contributed by atoms with Crippen LogP contribution >= 0.6 is 31.9 Å². The first-order chi connectivity index (χ1) is 9.52. The molecule has 2 aromatic rings. The average molecular weight is 398 g/mol. The van der Waals surface area contributed by atoms with E-state index in [1.54, 1.807) is 0 Å². The maximum atomic E-state index is 5.76. The minimum Gasteiger partial charge on any atom is -0.494 e. The van der Waals surface area contributed by atoms with Gasteiger partial charge in [0.2, 0.25) is 0 Å². The molecule has 106 valence electrons. The summed E-state index contributed by atoms with van der Waals surface area (Å²) in [6.07, 6.45) is 0. The van der Waals surface area contributed by atoms with E-state index < -0.39 is 0 Å². The summed E-state index contributed by atoms with van der Waals surface area (Å²) >= 11 is 7.34. The van der Waals surface area contributed by atoms with Gasteiger partial charge in [-0.2, -0.15) is 0 Å². The van der Waals surface area contributed by atoms with Crippen molar-refractivity contribution in [2.24, 2.45) is 0 Å². The van der Waals surface area contributed by atoms with Gasteiger partial charge in [0.15, 0.2) is 0 Å². The van der Waals surface area contributed by atoms with Crippen LogP contribution in [0, 0.1) is 13.8 Å². The molecule has 0 saturated carbocycles. The smallest absolute Gasteiger partial charge is 0.123 e. The normalized spacial score (nSPS) is 12.2. The molecule has 2 rings (SSSR count). The van der Waals surface area contributed by atoms with E-state index in [1.807, 2.05) is 6.92 Å². The van der Waals surface area contributed by atoms with Crippen LogP contribution in [-0.4, -0.2) is 6.61 Å². The summed E-state index contributed by atoms with van der Waals surface area (Å²) in [4.78, 5) is 0.136. The molecule has 0 aliphatic carbocycles. The number of rotatable bonds is 4. The van der Waals surface area contributed by atoms with Crippen molar-refractivity contribution in [1.82, 2.24) is 0 Å². The van der Waals surface area contributed by atoms with Crippen LogP contribution in [0.3, 0.4) is 0 Å². The Bertz CT molecular complexity index is 608. The summed E-state index contributed by atoms with van der Waals surface area (Å²) in [6, 6.07) is 12.7. The molecule has 0 spiro atoms. The molecule has 3 heteroatoms. The molecule has 1 atom stereocenters. The lowest BCUT2D eigenvalue weighted by molar-refractivity contribution is 0.337. The average Bonchev–Trinajstić information content (AvgIpc) is 2.40. The Kier molecular flexibility index (Phi) is 5.28. The second-order valence-corrected chi connectivity index (χ2v) is 6.67. The molecule has 0 N–H and O–H groups in total. The van der Waals surface area contributed by atoms with E-state index in [9.17, 15) is 0 Å². The SMILES string of the molecule is CCOc1ccc(C)cc1C(Br)c1ccc(Br)cc1C. The maximum absolute atomic E-state index is 5.76. The monoisotopic (exact) mass is 396 g/mol. The van der Waals surface area contributed by atoms with Gasteiger partial charge in [-0.15, -0.1) is 0 Å². The first-order valence-electron chi connectivity index (χ1n) is 6.66. The molecule has 1 unspecified atom stereocenters. The summed E-state index contributed by atoms with van der Waals surface area (Å²) in [7, 11) is 0. The Hall–Kier alpha value is -0.800. The van der Waals surface area contributed by atoms with Crippen molar-refractivity contribution < 1.29 is 4.74 Å². The van der Waals surface area contributed by atoms with Gasteiger partial charge >= 0.3 is 0 Å². The molecule has 0 radical (unpaired) electrons. The molecular weight excluding hydrogens is 380 g/mol. The number of alkyl halides is 1. The van der Waals surface area contributed by atoms with Crippen molar-refractivity contribution in [3.8, 4) is 5.75 Å². The topological polar surface area (TPSA) is 9.23 Å². The van der Waals surface area contributed by atoms with E-state index in [1.165, 1.54) is 22.3 Å². The van der Waals surface area contributed by atoms with E-state index in [-0.39, 0.29) is 4.83 Å². The van der Waals surface area contributed by atoms with Crippen molar-refractivity contribution >= 4 is 31.9 Å². The van der Waals surface area contributed by atoms with Crippen molar-refractivity contribution in [1.29, 1.82) is 0 Å². The van der Waals surface area contributed by atoms with Gasteiger partial charge in [0.05, 0.1) is 11.4 Å². The van der Waals surface area contributed by atoms with E-state index in [2.05, 4.69) is 82.1 Å². The highest BCUT2D eigenvalue weighted by Crippen LogP contribution is 2.39. The zero-order chi connectivity index (χ0) is 14.7. The highest BCUT2D eigenvalue weighted by molar-refractivity contribution is 9.10. The van der Waals surface area contributed by atoms with Crippen LogP contribution in [0.1, 0.15) is 34.0 Å². The van der Waals surface area contributed by atoms with Gasteiger partial charge in [0.25, 0.3) is 0 Å². The summed E-state index contributed by atoms with van der Waals surface area (Å²) in [6.45, 7) is 6.92. The number of aryl methyl sites for hydroxylation is 2. The van der Waals surface area contributed by atoms with Gasteiger partial charge in [-0.1, -0.05) is 55.6 Å². The standard InChI is InChI=1S/C17H18Br2O/c1-4-20-16-8-5-11(2)9-15(16)17(19)14-7-6-13(18)10-12(14)3/h5-10,17H,4H2,1-3H3. The van der Waals surface area contributed by atoms with Crippen LogP contribution in [-0.2, 0) is 0 Å². The fourth-order valence-electron chi connectivity index (χ4n) is 2.24. The van der Waals surface area contributed by atoms with Crippen LogP contribution in [0.4, 0.5) is 0 Å². The van der Waals surface area contributed by atoms with Crippen molar-refractivity contribution in [3.63, 3.8) is 0 Å². The summed E-state index contributed by atoms with van der Waals surface area (Å²) < 4.78 is 6.86. The third-order valence-corrected chi connectivity index (χ3v) is 4.72. The predicted molar refractivity (Wildman–Crippen MR) is 92.0 cm³/mol. The molecule has 0 bridgehead atoms. The van der Waals surface area contributed by atoms with E-state index in [0.29, 0.717) is 6.61 Å². The van der Waals surface area contributed by atoms with Crippen LogP contribution < -0.4 is 4.74 Å². The third kappa shape index (κ3) is 3.44. The predicted octanol–water partition coefficient (Wildman–Crippen LogP) is 5.95. The Balaban J connectivity index is 2.46. The molecule has 0 aliphatic heterocycles. The van der Waals surface area contributed by atoms with Crippen molar-refractivity contribution in [2.75, 3.05) is 6.61 Å². The lowest BCUT2D eigenvalue weighted by Crippen LogP contribution is -2.02. The minimum absolute atomic E-state index is 0.136. The number of halogens is 2.